The average Bonchev–Trinajstić information content (AvgIpc) is 2.64. The first-order chi connectivity index (χ1) is 12.4. The minimum Gasteiger partial charge on any atom is -0.322 e. The highest BCUT2D eigenvalue weighted by molar-refractivity contribution is 7.89. The topological polar surface area (TPSA) is 66.5 Å². The Bertz CT molecular complexity index is 922. The molecule has 1 aliphatic heterocycles. The van der Waals surface area contributed by atoms with E-state index in [0.29, 0.717) is 24.3 Å². The molecule has 1 amide bonds. The molecule has 1 N–H and O–H groups in total. The summed E-state index contributed by atoms with van der Waals surface area (Å²) in [5.74, 6) is -1.24. The Balaban J connectivity index is 1.88. The van der Waals surface area contributed by atoms with Crippen LogP contribution in [-0.4, -0.2) is 31.7 Å². The number of sulfonamides is 1. The number of rotatable bonds is 4. The summed E-state index contributed by atoms with van der Waals surface area (Å²) < 4.78 is 40.9. The molecule has 1 heterocycles. The zero-order valence-electron chi connectivity index (χ0n) is 14.5. The fourth-order valence-corrected chi connectivity index (χ4v) is 4.53. The van der Waals surface area contributed by atoms with Crippen LogP contribution in [0.25, 0.3) is 0 Å². The summed E-state index contributed by atoms with van der Waals surface area (Å²) in [6.07, 6.45) is 2.73. The molecular weight excluding hydrogens is 355 g/mol. The van der Waals surface area contributed by atoms with Crippen molar-refractivity contribution in [3.63, 3.8) is 0 Å². The normalized spacial score (nSPS) is 15.6. The van der Waals surface area contributed by atoms with E-state index in [1.807, 2.05) is 0 Å². The lowest BCUT2D eigenvalue weighted by molar-refractivity contribution is 0.102. The number of aryl methyl sites for hydroxylation is 1. The number of anilines is 1. The fraction of sp³-hybridized carbons (Fsp3) is 0.316. The van der Waals surface area contributed by atoms with Gasteiger partial charge in [-0.1, -0.05) is 24.6 Å². The van der Waals surface area contributed by atoms with Gasteiger partial charge in [0.05, 0.1) is 10.5 Å². The summed E-state index contributed by atoms with van der Waals surface area (Å²) in [5, 5.41) is 2.62. The Hall–Kier alpha value is -2.25. The van der Waals surface area contributed by atoms with Crippen LogP contribution in [0, 0.1) is 12.7 Å². The summed E-state index contributed by atoms with van der Waals surface area (Å²) in [4.78, 5) is 12.5. The van der Waals surface area contributed by atoms with Crippen LogP contribution in [-0.2, 0) is 10.0 Å². The van der Waals surface area contributed by atoms with E-state index in [4.69, 9.17) is 0 Å². The third-order valence-electron chi connectivity index (χ3n) is 4.53. The number of hydrogen-bond acceptors (Lipinski definition) is 3. The van der Waals surface area contributed by atoms with Crippen LogP contribution in [0.15, 0.2) is 47.4 Å². The van der Waals surface area contributed by atoms with Crippen molar-refractivity contribution in [3.05, 3.63) is 59.4 Å². The molecule has 2 aromatic rings. The molecule has 2 aromatic carbocycles. The van der Waals surface area contributed by atoms with Crippen LogP contribution in [0.2, 0.25) is 0 Å². The van der Waals surface area contributed by atoms with Crippen molar-refractivity contribution in [3.8, 4) is 0 Å². The standard InChI is InChI=1S/C19H21FN2O3S/c1-14-9-10-15(26(24,25)22-11-5-2-6-12-22)13-18(14)21-19(23)16-7-3-4-8-17(16)20/h3-4,7-10,13H,2,5-6,11-12H2,1H3,(H,21,23). The molecule has 1 fully saturated rings. The monoisotopic (exact) mass is 376 g/mol. The third-order valence-corrected chi connectivity index (χ3v) is 6.42. The summed E-state index contributed by atoms with van der Waals surface area (Å²) in [7, 11) is -3.60. The number of hydrogen-bond donors (Lipinski definition) is 1. The number of carbonyl (C=O) groups is 1. The quantitative estimate of drug-likeness (QED) is 0.887. The van der Waals surface area contributed by atoms with Gasteiger partial charge in [-0.25, -0.2) is 12.8 Å². The van der Waals surface area contributed by atoms with Crippen LogP contribution < -0.4 is 5.32 Å². The molecule has 5 nitrogen and oxygen atoms in total. The highest BCUT2D eigenvalue weighted by atomic mass is 32.2. The van der Waals surface area contributed by atoms with Gasteiger partial charge < -0.3 is 5.32 Å². The number of benzene rings is 2. The molecule has 26 heavy (non-hydrogen) atoms. The van der Waals surface area contributed by atoms with Crippen LogP contribution in [0.1, 0.15) is 35.2 Å². The Labute approximate surface area is 152 Å². The number of halogens is 1. The first kappa shape index (κ1) is 18.5. The van der Waals surface area contributed by atoms with Crippen LogP contribution in [0.3, 0.4) is 0 Å². The van der Waals surface area contributed by atoms with Gasteiger partial charge in [0.25, 0.3) is 5.91 Å². The van der Waals surface area contributed by atoms with Crippen molar-refractivity contribution >= 4 is 21.6 Å². The predicted molar refractivity (Wildman–Crippen MR) is 98.1 cm³/mol. The van der Waals surface area contributed by atoms with E-state index in [2.05, 4.69) is 5.32 Å². The molecule has 0 saturated carbocycles. The first-order valence-electron chi connectivity index (χ1n) is 8.56. The predicted octanol–water partition coefficient (Wildman–Crippen LogP) is 3.56. The van der Waals surface area contributed by atoms with Gasteiger partial charge in [-0.05, 0) is 49.6 Å². The van der Waals surface area contributed by atoms with E-state index < -0.39 is 21.7 Å². The van der Waals surface area contributed by atoms with Crippen molar-refractivity contribution < 1.29 is 17.6 Å². The van der Waals surface area contributed by atoms with Crippen LogP contribution in [0.4, 0.5) is 10.1 Å². The second-order valence-electron chi connectivity index (χ2n) is 6.38. The lowest BCUT2D eigenvalue weighted by Gasteiger charge is -2.26. The van der Waals surface area contributed by atoms with Gasteiger partial charge in [-0.2, -0.15) is 4.31 Å². The molecule has 0 aliphatic carbocycles. The second-order valence-corrected chi connectivity index (χ2v) is 8.31. The van der Waals surface area contributed by atoms with Gasteiger partial charge >= 0.3 is 0 Å². The van der Waals surface area contributed by atoms with Crippen molar-refractivity contribution in [1.29, 1.82) is 0 Å². The maximum Gasteiger partial charge on any atom is 0.258 e. The van der Waals surface area contributed by atoms with Gasteiger partial charge in [0.15, 0.2) is 0 Å². The number of nitrogens with one attached hydrogen (secondary N) is 1. The number of carbonyl (C=O) groups excluding carboxylic acids is 1. The molecule has 0 spiro atoms. The van der Waals surface area contributed by atoms with Crippen molar-refractivity contribution in [2.45, 2.75) is 31.1 Å². The Morgan fingerprint density at radius 1 is 1.08 bits per heavy atom. The lowest BCUT2D eigenvalue weighted by Crippen LogP contribution is -2.35. The molecule has 0 radical (unpaired) electrons. The van der Waals surface area contributed by atoms with Crippen molar-refractivity contribution in [2.75, 3.05) is 18.4 Å². The molecular formula is C19H21FN2O3S. The highest BCUT2D eigenvalue weighted by Crippen LogP contribution is 2.25. The summed E-state index contributed by atoms with van der Waals surface area (Å²) in [6.45, 7) is 2.77. The van der Waals surface area contributed by atoms with E-state index in [1.165, 1.54) is 34.6 Å². The number of amides is 1. The summed E-state index contributed by atoms with van der Waals surface area (Å²) >= 11 is 0. The zero-order valence-corrected chi connectivity index (χ0v) is 15.4. The number of piperidine rings is 1. The van der Waals surface area contributed by atoms with Gasteiger partial charge in [-0.15, -0.1) is 0 Å². The van der Waals surface area contributed by atoms with E-state index in [9.17, 15) is 17.6 Å². The van der Waals surface area contributed by atoms with Gasteiger partial charge in [-0.3, -0.25) is 4.79 Å². The Morgan fingerprint density at radius 2 is 1.77 bits per heavy atom. The molecule has 1 aliphatic rings. The SMILES string of the molecule is Cc1ccc(S(=O)(=O)N2CCCCC2)cc1NC(=O)c1ccccc1F. The van der Waals surface area contributed by atoms with Crippen LogP contribution in [0.5, 0.6) is 0 Å². The number of nitrogens with zero attached hydrogens (tertiary/aromatic N) is 1. The maximum atomic E-state index is 13.8. The Morgan fingerprint density at radius 3 is 2.46 bits per heavy atom. The van der Waals surface area contributed by atoms with Crippen molar-refractivity contribution in [2.24, 2.45) is 0 Å². The van der Waals surface area contributed by atoms with Crippen LogP contribution >= 0.6 is 0 Å². The zero-order chi connectivity index (χ0) is 18.7. The second kappa shape index (κ2) is 7.55. The minimum absolute atomic E-state index is 0.0869. The van der Waals surface area contributed by atoms with Gasteiger partial charge in [0.2, 0.25) is 10.0 Å². The molecule has 0 aromatic heterocycles. The third kappa shape index (κ3) is 3.78. The highest BCUT2D eigenvalue weighted by Gasteiger charge is 2.26. The maximum absolute atomic E-state index is 13.8. The summed E-state index contributed by atoms with van der Waals surface area (Å²) in [5.41, 5.74) is 0.972. The van der Waals surface area contributed by atoms with E-state index >= 15 is 0 Å². The first-order valence-corrected chi connectivity index (χ1v) is 10.0. The molecule has 138 valence electrons. The largest absolute Gasteiger partial charge is 0.322 e. The summed E-state index contributed by atoms with van der Waals surface area (Å²) in [6, 6.07) is 10.3. The molecule has 3 rings (SSSR count). The molecule has 1 saturated heterocycles. The van der Waals surface area contributed by atoms with Crippen molar-refractivity contribution in [1.82, 2.24) is 4.31 Å². The lowest BCUT2D eigenvalue weighted by atomic mass is 10.1. The van der Waals surface area contributed by atoms with Gasteiger partial charge in [0, 0.05) is 18.8 Å². The van der Waals surface area contributed by atoms with Gasteiger partial charge in [0.1, 0.15) is 5.82 Å². The minimum atomic E-state index is -3.60. The van der Waals surface area contributed by atoms with E-state index in [-0.39, 0.29) is 10.5 Å². The smallest absolute Gasteiger partial charge is 0.258 e. The fourth-order valence-electron chi connectivity index (χ4n) is 2.99. The molecule has 7 heteroatoms. The molecule has 0 unspecified atom stereocenters. The van der Waals surface area contributed by atoms with E-state index in [0.717, 1.165) is 19.3 Å². The van der Waals surface area contributed by atoms with E-state index in [1.54, 1.807) is 19.1 Å². The molecule has 0 bridgehead atoms. The molecule has 0 atom stereocenters. The Kier molecular flexibility index (Phi) is 5.38. The average molecular weight is 376 g/mol.